The normalized spacial score (nSPS) is 16.5. The third kappa shape index (κ3) is 3.93. The third-order valence-corrected chi connectivity index (χ3v) is 7.74. The van der Waals surface area contributed by atoms with Crippen molar-refractivity contribution < 1.29 is 9.59 Å². The number of primary amides is 1. The Bertz CT molecular complexity index is 1450. The Kier molecular flexibility index (Phi) is 6.17. The van der Waals surface area contributed by atoms with Gasteiger partial charge in [-0.1, -0.05) is 31.7 Å². The molecule has 2 aliphatic carbocycles. The van der Waals surface area contributed by atoms with E-state index < -0.39 is 22.9 Å². The van der Waals surface area contributed by atoms with Crippen molar-refractivity contribution in [3.8, 4) is 0 Å². The summed E-state index contributed by atoms with van der Waals surface area (Å²) in [6, 6.07) is 4.98. The van der Waals surface area contributed by atoms with Crippen molar-refractivity contribution in [3.05, 3.63) is 72.3 Å². The summed E-state index contributed by atoms with van der Waals surface area (Å²) < 4.78 is 0.775. The van der Waals surface area contributed by atoms with Crippen molar-refractivity contribution in [2.24, 2.45) is 5.73 Å². The summed E-state index contributed by atoms with van der Waals surface area (Å²) in [5, 5.41) is 0.629. The molecule has 0 saturated heterocycles. The van der Waals surface area contributed by atoms with Crippen LogP contribution in [0.2, 0.25) is 0 Å². The lowest BCUT2D eigenvalue weighted by Crippen LogP contribution is -2.37. The van der Waals surface area contributed by atoms with Gasteiger partial charge >= 0.3 is 0 Å². The first-order chi connectivity index (χ1) is 16.9. The van der Waals surface area contributed by atoms with Crippen molar-refractivity contribution in [1.29, 1.82) is 0 Å². The Morgan fingerprint density at radius 3 is 2.00 bits per heavy atom. The number of anilines is 1. The molecule has 2 heterocycles. The Hall–Kier alpha value is -3.48. The van der Waals surface area contributed by atoms with Crippen LogP contribution in [0.25, 0.3) is 10.8 Å². The van der Waals surface area contributed by atoms with Gasteiger partial charge in [-0.15, -0.1) is 0 Å². The quantitative estimate of drug-likeness (QED) is 0.551. The predicted molar refractivity (Wildman–Crippen MR) is 137 cm³/mol. The van der Waals surface area contributed by atoms with E-state index in [9.17, 15) is 19.2 Å². The Morgan fingerprint density at radius 1 is 0.743 bits per heavy atom. The van der Waals surface area contributed by atoms with Gasteiger partial charge in [-0.3, -0.25) is 19.2 Å². The maximum absolute atomic E-state index is 14.1. The largest absolute Gasteiger partial charge is 0.398 e. The molecule has 0 radical (unpaired) electrons. The number of aryl methyl sites for hydroxylation is 3. The van der Waals surface area contributed by atoms with Gasteiger partial charge in [-0.2, -0.15) is 0 Å². The van der Waals surface area contributed by atoms with Crippen molar-refractivity contribution in [2.45, 2.75) is 77.0 Å². The second-order valence-corrected chi connectivity index (χ2v) is 9.91. The van der Waals surface area contributed by atoms with E-state index in [1.54, 1.807) is 18.2 Å². The van der Waals surface area contributed by atoms with E-state index in [4.69, 9.17) is 11.5 Å². The molecule has 35 heavy (non-hydrogen) atoms. The van der Waals surface area contributed by atoms with E-state index in [-0.39, 0.29) is 22.2 Å². The monoisotopic (exact) mass is 473 g/mol. The number of hydrogen-bond acceptors (Lipinski definition) is 5. The first-order valence-electron chi connectivity index (χ1n) is 12.7. The molecule has 0 atom stereocenters. The number of aromatic nitrogens is 1. The fourth-order valence-electron chi connectivity index (χ4n) is 6.02. The Labute approximate surface area is 203 Å². The van der Waals surface area contributed by atoms with Crippen molar-refractivity contribution in [2.75, 3.05) is 5.73 Å². The van der Waals surface area contributed by atoms with E-state index in [1.807, 2.05) is 0 Å². The van der Waals surface area contributed by atoms with Crippen LogP contribution < -0.4 is 22.6 Å². The van der Waals surface area contributed by atoms with E-state index in [2.05, 4.69) is 0 Å². The van der Waals surface area contributed by atoms with Gasteiger partial charge in [0.1, 0.15) is 0 Å². The number of carbonyl (C=O) groups is 2. The smallest absolute Gasteiger partial charge is 0.270 e. The van der Waals surface area contributed by atoms with E-state index in [0.29, 0.717) is 36.6 Å². The van der Waals surface area contributed by atoms with Gasteiger partial charge in [0, 0.05) is 22.2 Å². The zero-order valence-electron chi connectivity index (χ0n) is 20.0. The van der Waals surface area contributed by atoms with Crippen molar-refractivity contribution >= 4 is 28.3 Å². The van der Waals surface area contributed by atoms with Crippen LogP contribution in [0.1, 0.15) is 94.3 Å². The molecular weight excluding hydrogens is 442 g/mol. The molecule has 6 rings (SSSR count). The second kappa shape index (κ2) is 9.29. The summed E-state index contributed by atoms with van der Waals surface area (Å²) in [6.07, 6.45) is 10.1. The van der Waals surface area contributed by atoms with E-state index in [0.717, 1.165) is 72.6 Å². The molecule has 7 nitrogen and oxygen atoms in total. The fourth-order valence-corrected chi connectivity index (χ4v) is 6.02. The minimum Gasteiger partial charge on any atom is -0.398 e. The highest BCUT2D eigenvalue weighted by atomic mass is 16.2. The average Bonchev–Trinajstić information content (AvgIpc) is 2.89. The first-order valence-corrected chi connectivity index (χ1v) is 12.7. The molecule has 182 valence electrons. The second-order valence-electron chi connectivity index (χ2n) is 9.91. The van der Waals surface area contributed by atoms with Gasteiger partial charge in [0.05, 0.1) is 5.39 Å². The molecule has 0 saturated carbocycles. The number of nitrogens with zero attached hydrogens (tertiary/aromatic N) is 1. The number of amides is 1. The highest BCUT2D eigenvalue weighted by Crippen LogP contribution is 2.31. The highest BCUT2D eigenvalue weighted by Gasteiger charge is 2.28. The summed E-state index contributed by atoms with van der Waals surface area (Å²) in [6.45, 7) is 0. The zero-order chi connectivity index (χ0) is 24.7. The molecule has 4 aromatic rings. The van der Waals surface area contributed by atoms with Gasteiger partial charge in [-0.25, -0.2) is 4.57 Å². The van der Waals surface area contributed by atoms with Gasteiger partial charge < -0.3 is 11.5 Å². The molecular formula is C28H31N3O4. The molecule has 7 heteroatoms. The Balaban J connectivity index is 1.82. The number of rotatable bonds is 2. The molecule has 2 aliphatic rings. The summed E-state index contributed by atoms with van der Waals surface area (Å²) in [5.74, 6) is -1.30. The van der Waals surface area contributed by atoms with Crippen LogP contribution in [0.3, 0.4) is 0 Å². The summed E-state index contributed by atoms with van der Waals surface area (Å²) >= 11 is 0. The molecule has 0 aliphatic heterocycles. The van der Waals surface area contributed by atoms with Gasteiger partial charge in [0.15, 0.2) is 0 Å². The molecule has 2 aromatic carbocycles. The molecule has 4 bridgehead atoms. The third-order valence-electron chi connectivity index (χ3n) is 7.74. The van der Waals surface area contributed by atoms with Gasteiger partial charge in [-0.05, 0) is 85.8 Å². The molecule has 0 unspecified atom stereocenters. The van der Waals surface area contributed by atoms with Gasteiger partial charge in [0.2, 0.25) is 5.91 Å². The summed E-state index contributed by atoms with van der Waals surface area (Å²) in [7, 11) is 0. The molecule has 0 fully saturated rings. The maximum Gasteiger partial charge on any atom is 0.270 e. The molecule has 2 aromatic heterocycles. The standard InChI is InChI=1S/C28H31N3O4/c29-22-15-21-17-10-6-3-4-7-11-18(17)24(22)28(35)31(26(21)33)27(34)23-16-9-5-1-2-8-12-19(23)20(14-13-16)25(30)32/h13-15H,1-12,29H2,(H2,30,32). The van der Waals surface area contributed by atoms with E-state index >= 15 is 0 Å². The van der Waals surface area contributed by atoms with Crippen LogP contribution in [0, 0.1) is 0 Å². The Morgan fingerprint density at radius 2 is 1.34 bits per heavy atom. The number of hydrogen-bond donors (Lipinski definition) is 2. The number of fused-ring (bicyclic) bond motifs is 5. The summed E-state index contributed by atoms with van der Waals surface area (Å²) in [5.41, 5.74) is 14.4. The highest BCUT2D eigenvalue weighted by molar-refractivity contribution is 6.04. The predicted octanol–water partition coefficient (Wildman–Crippen LogP) is 3.49. The van der Waals surface area contributed by atoms with Gasteiger partial charge in [0.25, 0.3) is 17.0 Å². The number of nitrogens with two attached hydrogens (primary N) is 2. The number of nitrogen functional groups attached to an aromatic ring is 1. The fraction of sp³-hybridized carbons (Fsp3) is 0.429. The van der Waals surface area contributed by atoms with Crippen LogP contribution in [-0.2, 0) is 25.7 Å². The van der Waals surface area contributed by atoms with Crippen molar-refractivity contribution in [3.63, 3.8) is 0 Å². The number of benzene rings is 2. The first kappa shape index (κ1) is 23.3. The van der Waals surface area contributed by atoms with Crippen LogP contribution in [0.4, 0.5) is 5.69 Å². The molecule has 0 spiro atoms. The summed E-state index contributed by atoms with van der Waals surface area (Å²) in [4.78, 5) is 54.1. The molecule has 4 N–H and O–H groups in total. The number of carbonyl (C=O) groups excluding carboxylic acids is 2. The minimum absolute atomic E-state index is 0.247. The lowest BCUT2D eigenvalue weighted by Gasteiger charge is -2.16. The van der Waals surface area contributed by atoms with Crippen LogP contribution in [-0.4, -0.2) is 16.4 Å². The minimum atomic E-state index is -0.677. The average molecular weight is 474 g/mol. The van der Waals surface area contributed by atoms with Crippen LogP contribution >= 0.6 is 0 Å². The maximum atomic E-state index is 14.1. The van der Waals surface area contributed by atoms with Crippen LogP contribution in [0.5, 0.6) is 0 Å². The van der Waals surface area contributed by atoms with Crippen LogP contribution in [0.15, 0.2) is 27.8 Å². The topological polar surface area (TPSA) is 125 Å². The van der Waals surface area contributed by atoms with E-state index in [1.165, 1.54) is 0 Å². The SMILES string of the molecule is NC(=O)c1ccc2c(C(=O)n3c(=O)c4cc(N)c(c5c4CCCCCC5)c3=O)c1CCCCCC2. The van der Waals surface area contributed by atoms with Crippen molar-refractivity contribution in [1.82, 2.24) is 4.57 Å². The lowest BCUT2D eigenvalue weighted by atomic mass is 9.89. The lowest BCUT2D eigenvalue weighted by molar-refractivity contribution is 0.0951. The zero-order valence-corrected chi connectivity index (χ0v) is 20.0. The molecule has 1 amide bonds.